The zero-order valence-corrected chi connectivity index (χ0v) is 15.6. The van der Waals surface area contributed by atoms with Crippen LogP contribution in [0, 0.1) is 5.92 Å². The minimum Gasteiger partial charge on any atom is -0.459 e. The van der Waals surface area contributed by atoms with Crippen molar-refractivity contribution >= 4 is 17.7 Å². The summed E-state index contributed by atoms with van der Waals surface area (Å²) in [6, 6.07) is 13.1. The van der Waals surface area contributed by atoms with Gasteiger partial charge in [-0.3, -0.25) is 14.4 Å². The first-order chi connectivity index (χ1) is 13.6. The number of furan rings is 1. The second-order valence-corrected chi connectivity index (χ2v) is 7.26. The van der Waals surface area contributed by atoms with Gasteiger partial charge in [-0.2, -0.15) is 0 Å². The molecule has 7 nitrogen and oxygen atoms in total. The molecule has 7 heteroatoms. The van der Waals surface area contributed by atoms with Crippen LogP contribution in [0.25, 0.3) is 0 Å². The molecule has 28 heavy (non-hydrogen) atoms. The Balaban J connectivity index is 1.31. The second kappa shape index (κ2) is 7.88. The number of piperazine rings is 1. The summed E-state index contributed by atoms with van der Waals surface area (Å²) in [7, 11) is 0. The lowest BCUT2D eigenvalue weighted by atomic mass is 10.1. The number of hydrogen-bond donors (Lipinski definition) is 0. The van der Waals surface area contributed by atoms with E-state index in [0.29, 0.717) is 45.0 Å². The van der Waals surface area contributed by atoms with E-state index >= 15 is 0 Å². The fourth-order valence-electron chi connectivity index (χ4n) is 3.84. The summed E-state index contributed by atoms with van der Waals surface area (Å²) in [4.78, 5) is 42.8. The fraction of sp³-hybridized carbons (Fsp3) is 0.381. The van der Waals surface area contributed by atoms with Crippen LogP contribution >= 0.6 is 0 Å². The number of nitrogens with zero attached hydrogens (tertiary/aromatic N) is 3. The molecule has 3 amide bonds. The quantitative estimate of drug-likeness (QED) is 0.807. The van der Waals surface area contributed by atoms with Gasteiger partial charge in [-0.15, -0.1) is 0 Å². The molecule has 0 unspecified atom stereocenters. The van der Waals surface area contributed by atoms with Crippen molar-refractivity contribution in [1.29, 1.82) is 0 Å². The third-order valence-electron chi connectivity index (χ3n) is 5.39. The van der Waals surface area contributed by atoms with Crippen LogP contribution in [0.3, 0.4) is 0 Å². The van der Waals surface area contributed by atoms with E-state index in [2.05, 4.69) is 0 Å². The molecule has 0 aliphatic carbocycles. The van der Waals surface area contributed by atoms with E-state index in [9.17, 15) is 14.4 Å². The Morgan fingerprint density at radius 3 is 2.36 bits per heavy atom. The molecule has 0 bridgehead atoms. The predicted octanol–water partition coefficient (Wildman–Crippen LogP) is 1.61. The van der Waals surface area contributed by atoms with Gasteiger partial charge in [0.15, 0.2) is 5.76 Å². The van der Waals surface area contributed by atoms with Crippen LogP contribution in [0.4, 0.5) is 0 Å². The molecule has 2 saturated heterocycles. The van der Waals surface area contributed by atoms with Gasteiger partial charge in [-0.25, -0.2) is 0 Å². The summed E-state index contributed by atoms with van der Waals surface area (Å²) in [6.45, 7) is 2.90. The third kappa shape index (κ3) is 3.78. The first-order valence-electron chi connectivity index (χ1n) is 9.55. The Kier molecular flexibility index (Phi) is 5.14. The Morgan fingerprint density at radius 2 is 1.68 bits per heavy atom. The van der Waals surface area contributed by atoms with Gasteiger partial charge in [0.25, 0.3) is 5.91 Å². The van der Waals surface area contributed by atoms with Gasteiger partial charge >= 0.3 is 0 Å². The number of rotatable bonds is 4. The molecule has 2 fully saturated rings. The molecular weight excluding hydrogens is 358 g/mol. The standard InChI is InChI=1S/C21H23N3O4/c25-19-13-17(15-24(19)14-16-5-2-1-3-6-16)20(26)22-8-10-23(11-9-22)21(27)18-7-4-12-28-18/h1-7,12,17H,8-11,13-15H2/t17-/m1/s1. The molecule has 0 saturated carbocycles. The highest BCUT2D eigenvalue weighted by molar-refractivity contribution is 5.92. The molecule has 0 radical (unpaired) electrons. The van der Waals surface area contributed by atoms with E-state index in [1.165, 1.54) is 6.26 Å². The van der Waals surface area contributed by atoms with Crippen molar-refractivity contribution in [2.45, 2.75) is 13.0 Å². The molecule has 0 N–H and O–H groups in total. The normalized spacial score (nSPS) is 19.9. The highest BCUT2D eigenvalue weighted by Gasteiger charge is 2.37. The van der Waals surface area contributed by atoms with Crippen molar-refractivity contribution in [3.05, 3.63) is 60.1 Å². The minimum atomic E-state index is -0.302. The third-order valence-corrected chi connectivity index (χ3v) is 5.39. The number of amides is 3. The zero-order chi connectivity index (χ0) is 19.5. The Morgan fingerprint density at radius 1 is 0.964 bits per heavy atom. The van der Waals surface area contributed by atoms with Gasteiger partial charge in [0.1, 0.15) is 0 Å². The van der Waals surface area contributed by atoms with Gasteiger partial charge in [0.05, 0.1) is 12.2 Å². The van der Waals surface area contributed by atoms with E-state index in [-0.39, 0.29) is 30.1 Å². The maximum atomic E-state index is 12.9. The molecule has 0 spiro atoms. The highest BCUT2D eigenvalue weighted by atomic mass is 16.3. The summed E-state index contributed by atoms with van der Waals surface area (Å²) in [5, 5.41) is 0. The number of hydrogen-bond acceptors (Lipinski definition) is 4. The smallest absolute Gasteiger partial charge is 0.289 e. The maximum absolute atomic E-state index is 12.9. The SMILES string of the molecule is O=C1C[C@@H](C(=O)N2CCN(C(=O)c3ccco3)CC2)CN1Cc1ccccc1. The lowest BCUT2D eigenvalue weighted by Crippen LogP contribution is -2.52. The molecule has 146 valence electrons. The summed E-state index contributed by atoms with van der Waals surface area (Å²) in [5.41, 5.74) is 1.06. The molecule has 1 aromatic heterocycles. The van der Waals surface area contributed by atoms with Crippen LogP contribution in [0.5, 0.6) is 0 Å². The van der Waals surface area contributed by atoms with Crippen molar-refractivity contribution in [2.75, 3.05) is 32.7 Å². The van der Waals surface area contributed by atoms with Crippen LogP contribution in [0.2, 0.25) is 0 Å². The molecule has 4 rings (SSSR count). The van der Waals surface area contributed by atoms with E-state index < -0.39 is 0 Å². The van der Waals surface area contributed by atoms with Crippen molar-refractivity contribution < 1.29 is 18.8 Å². The van der Waals surface area contributed by atoms with Crippen molar-refractivity contribution in [1.82, 2.24) is 14.7 Å². The van der Waals surface area contributed by atoms with Crippen LogP contribution in [-0.4, -0.2) is 65.1 Å². The Bertz CT molecular complexity index is 842. The Labute approximate surface area is 163 Å². The Hall–Kier alpha value is -3.09. The molecule has 1 aromatic carbocycles. The summed E-state index contributed by atoms with van der Waals surface area (Å²) in [6.07, 6.45) is 1.74. The average molecular weight is 381 g/mol. The van der Waals surface area contributed by atoms with Gasteiger partial charge in [-0.05, 0) is 17.7 Å². The molecule has 2 aliphatic rings. The monoisotopic (exact) mass is 381 g/mol. The summed E-state index contributed by atoms with van der Waals surface area (Å²) < 4.78 is 5.16. The average Bonchev–Trinajstić information content (AvgIpc) is 3.38. The minimum absolute atomic E-state index is 0.00834. The lowest BCUT2D eigenvalue weighted by Gasteiger charge is -2.35. The number of likely N-dealkylation sites (tertiary alicyclic amines) is 1. The van der Waals surface area contributed by atoms with Gasteiger partial charge < -0.3 is 19.1 Å². The molecule has 2 aromatic rings. The first kappa shape index (κ1) is 18.3. The number of carbonyl (C=O) groups is 3. The highest BCUT2D eigenvalue weighted by Crippen LogP contribution is 2.23. The van der Waals surface area contributed by atoms with E-state index in [4.69, 9.17) is 4.42 Å². The van der Waals surface area contributed by atoms with E-state index in [1.54, 1.807) is 26.8 Å². The lowest BCUT2D eigenvalue weighted by molar-refractivity contribution is -0.137. The largest absolute Gasteiger partial charge is 0.459 e. The maximum Gasteiger partial charge on any atom is 0.289 e. The molecule has 3 heterocycles. The zero-order valence-electron chi connectivity index (χ0n) is 15.6. The predicted molar refractivity (Wildman–Crippen MR) is 101 cm³/mol. The first-order valence-corrected chi connectivity index (χ1v) is 9.55. The van der Waals surface area contributed by atoms with Gasteiger partial charge in [0.2, 0.25) is 11.8 Å². The van der Waals surface area contributed by atoms with Crippen LogP contribution < -0.4 is 0 Å². The van der Waals surface area contributed by atoms with Gasteiger partial charge in [-0.1, -0.05) is 30.3 Å². The van der Waals surface area contributed by atoms with E-state index in [0.717, 1.165) is 5.56 Å². The number of benzene rings is 1. The van der Waals surface area contributed by atoms with Crippen molar-refractivity contribution in [3.8, 4) is 0 Å². The topological polar surface area (TPSA) is 74.1 Å². The van der Waals surface area contributed by atoms with Crippen LogP contribution in [0.15, 0.2) is 53.1 Å². The van der Waals surface area contributed by atoms with Crippen molar-refractivity contribution in [3.63, 3.8) is 0 Å². The van der Waals surface area contributed by atoms with Crippen LogP contribution in [-0.2, 0) is 16.1 Å². The molecule has 2 aliphatic heterocycles. The molecule has 1 atom stereocenters. The summed E-state index contributed by atoms with van der Waals surface area (Å²) in [5.74, 6) is -0.105. The molecular formula is C21H23N3O4. The summed E-state index contributed by atoms with van der Waals surface area (Å²) >= 11 is 0. The number of carbonyl (C=O) groups excluding carboxylic acids is 3. The van der Waals surface area contributed by atoms with E-state index in [1.807, 2.05) is 30.3 Å². The van der Waals surface area contributed by atoms with Gasteiger partial charge in [0, 0.05) is 45.7 Å². The van der Waals surface area contributed by atoms with Crippen molar-refractivity contribution in [2.24, 2.45) is 5.92 Å². The fourth-order valence-corrected chi connectivity index (χ4v) is 3.84. The second-order valence-electron chi connectivity index (χ2n) is 7.26. The van der Waals surface area contributed by atoms with Crippen LogP contribution in [0.1, 0.15) is 22.5 Å².